The predicted octanol–water partition coefficient (Wildman–Crippen LogP) is 2.33. The van der Waals surface area contributed by atoms with Gasteiger partial charge in [-0.15, -0.1) is 0 Å². The lowest BCUT2D eigenvalue weighted by Crippen LogP contribution is -2.16. The molecule has 0 bridgehead atoms. The number of amides is 1. The zero-order valence-corrected chi connectivity index (χ0v) is 9.83. The number of halogens is 3. The fraction of sp³-hybridized carbons (Fsp3) is 0.455. The van der Waals surface area contributed by atoms with E-state index < -0.39 is 17.7 Å². The van der Waals surface area contributed by atoms with Crippen molar-refractivity contribution in [3.8, 4) is 0 Å². The minimum atomic E-state index is -4.54. The molecule has 102 valence electrons. The third-order valence-electron chi connectivity index (χ3n) is 2.05. The van der Waals surface area contributed by atoms with Crippen LogP contribution in [0.4, 0.5) is 13.2 Å². The first-order valence-electron chi connectivity index (χ1n) is 5.09. The maximum Gasteiger partial charge on any atom is 0.410 e. The zero-order chi connectivity index (χ0) is 14.3. The van der Waals surface area contributed by atoms with Gasteiger partial charge in [-0.05, 0) is 19.5 Å². The van der Waals surface area contributed by atoms with Crippen molar-refractivity contribution in [3.05, 3.63) is 24.4 Å². The third kappa shape index (κ3) is 6.72. The van der Waals surface area contributed by atoms with Gasteiger partial charge in [0.25, 0.3) is 0 Å². The van der Waals surface area contributed by atoms with Crippen LogP contribution in [0.1, 0.15) is 19.8 Å². The van der Waals surface area contributed by atoms with E-state index in [1.54, 1.807) is 11.1 Å². The summed E-state index contributed by atoms with van der Waals surface area (Å²) in [5, 5.41) is 7.98. The van der Waals surface area contributed by atoms with Gasteiger partial charge in [0, 0.05) is 24.6 Å². The maximum absolute atomic E-state index is 11.3. The van der Waals surface area contributed by atoms with E-state index in [1.807, 2.05) is 0 Å². The second-order valence-electron chi connectivity index (χ2n) is 3.55. The molecule has 1 fully saturated rings. The smallest absolute Gasteiger partial charge is 0.410 e. The highest BCUT2D eigenvalue weighted by atomic mass is 19.4. The van der Waals surface area contributed by atoms with E-state index in [1.165, 1.54) is 0 Å². The first kappa shape index (κ1) is 16.2. The third-order valence-corrected chi connectivity index (χ3v) is 2.05. The number of hydrogen-bond acceptors (Lipinski definition) is 2. The van der Waals surface area contributed by atoms with E-state index in [-0.39, 0.29) is 12.0 Å². The molecule has 0 atom stereocenters. The van der Waals surface area contributed by atoms with Gasteiger partial charge in [0.1, 0.15) is 0 Å². The van der Waals surface area contributed by atoms with Crippen LogP contribution in [0.3, 0.4) is 0 Å². The molecule has 0 aromatic heterocycles. The number of allylic oxidation sites excluding steroid dienone is 1. The molecule has 1 heterocycles. The number of aliphatic carboxylic acids is 1. The molecule has 0 saturated carbocycles. The van der Waals surface area contributed by atoms with Crippen LogP contribution in [0, 0.1) is 0 Å². The Labute approximate surface area is 102 Å². The fourth-order valence-corrected chi connectivity index (χ4v) is 1.17. The molecule has 4 nitrogen and oxygen atoms in total. The Morgan fingerprint density at radius 1 is 1.50 bits per heavy atom. The van der Waals surface area contributed by atoms with Crippen LogP contribution in [0.2, 0.25) is 0 Å². The van der Waals surface area contributed by atoms with E-state index in [9.17, 15) is 22.8 Å². The summed E-state index contributed by atoms with van der Waals surface area (Å²) in [4.78, 5) is 22.1. The van der Waals surface area contributed by atoms with Crippen LogP contribution in [0.5, 0.6) is 0 Å². The van der Waals surface area contributed by atoms with Crippen molar-refractivity contribution < 1.29 is 27.9 Å². The Morgan fingerprint density at radius 3 is 2.22 bits per heavy atom. The average Bonchev–Trinajstić information content (AvgIpc) is 2.62. The molecular formula is C11H14F3NO3. The van der Waals surface area contributed by atoms with Crippen LogP contribution in [0.25, 0.3) is 0 Å². The monoisotopic (exact) mass is 265 g/mol. The van der Waals surface area contributed by atoms with Gasteiger partial charge in [0.2, 0.25) is 5.91 Å². The van der Waals surface area contributed by atoms with Crippen LogP contribution in [0.15, 0.2) is 24.4 Å². The zero-order valence-electron chi connectivity index (χ0n) is 9.83. The summed E-state index contributed by atoms with van der Waals surface area (Å²) in [5.41, 5.74) is -0.715. The van der Waals surface area contributed by atoms with E-state index >= 15 is 0 Å². The number of carbonyl (C=O) groups is 2. The lowest BCUT2D eigenvalue weighted by atomic mass is 10.3. The van der Waals surface area contributed by atoms with Gasteiger partial charge in [-0.1, -0.05) is 6.58 Å². The molecule has 1 amide bonds. The van der Waals surface area contributed by atoms with Gasteiger partial charge in [0.05, 0.1) is 0 Å². The highest BCUT2D eigenvalue weighted by Crippen LogP contribution is 2.18. The second kappa shape index (κ2) is 6.83. The molecule has 7 heteroatoms. The SMILES string of the molecule is C=CN1CCCC1=O.CC(=CC(F)(F)F)C(=O)O. The standard InChI is InChI=1S/C6H9NO.C5H5F3O2/c1-2-7-5-3-4-6(7)8;1-3(4(9)10)2-5(6,7)8/h2H,1,3-5H2;2H,1H3,(H,9,10). The molecule has 1 aliphatic heterocycles. The summed E-state index contributed by atoms with van der Waals surface area (Å²) in [5.74, 6) is -1.35. The quantitative estimate of drug-likeness (QED) is 0.779. The van der Waals surface area contributed by atoms with Crippen molar-refractivity contribution in [2.45, 2.75) is 25.9 Å². The highest BCUT2D eigenvalue weighted by molar-refractivity contribution is 5.85. The molecule has 0 unspecified atom stereocenters. The summed E-state index contributed by atoms with van der Waals surface area (Å²) in [6, 6.07) is 0. The number of likely N-dealkylation sites (tertiary alicyclic amines) is 1. The number of carboxylic acids is 1. The van der Waals surface area contributed by atoms with E-state index in [0.29, 0.717) is 6.42 Å². The van der Waals surface area contributed by atoms with Crippen molar-refractivity contribution in [2.75, 3.05) is 6.54 Å². The topological polar surface area (TPSA) is 57.6 Å². The van der Waals surface area contributed by atoms with Crippen molar-refractivity contribution in [1.29, 1.82) is 0 Å². The van der Waals surface area contributed by atoms with Crippen LogP contribution < -0.4 is 0 Å². The summed E-state index contributed by atoms with van der Waals surface area (Å²) in [6.07, 6.45) is -1.51. The Morgan fingerprint density at radius 2 is 2.06 bits per heavy atom. The van der Waals surface area contributed by atoms with Crippen molar-refractivity contribution in [1.82, 2.24) is 4.90 Å². The number of alkyl halides is 3. The Balaban J connectivity index is 0.000000327. The van der Waals surface area contributed by atoms with Crippen molar-refractivity contribution in [3.63, 3.8) is 0 Å². The van der Waals surface area contributed by atoms with Gasteiger partial charge < -0.3 is 10.0 Å². The number of carbonyl (C=O) groups excluding carboxylic acids is 1. The maximum atomic E-state index is 11.3. The molecule has 1 rings (SSSR count). The number of carboxylic acid groups (broad SMARTS) is 1. The van der Waals surface area contributed by atoms with E-state index in [0.717, 1.165) is 19.9 Å². The fourth-order valence-electron chi connectivity index (χ4n) is 1.17. The molecule has 0 aromatic carbocycles. The number of rotatable bonds is 2. The average molecular weight is 265 g/mol. The predicted molar refractivity (Wildman–Crippen MR) is 58.6 cm³/mol. The van der Waals surface area contributed by atoms with E-state index in [4.69, 9.17) is 5.11 Å². The largest absolute Gasteiger partial charge is 0.478 e. The molecule has 1 N–H and O–H groups in total. The number of hydrogen-bond donors (Lipinski definition) is 1. The summed E-state index contributed by atoms with van der Waals surface area (Å²) in [7, 11) is 0. The molecule has 0 aromatic rings. The van der Waals surface area contributed by atoms with Gasteiger partial charge >= 0.3 is 12.1 Å². The van der Waals surface area contributed by atoms with Gasteiger partial charge in [0.15, 0.2) is 0 Å². The second-order valence-corrected chi connectivity index (χ2v) is 3.55. The lowest BCUT2D eigenvalue weighted by Gasteiger charge is -2.05. The van der Waals surface area contributed by atoms with Crippen LogP contribution in [-0.4, -0.2) is 34.6 Å². The molecule has 18 heavy (non-hydrogen) atoms. The molecule has 0 radical (unpaired) electrons. The number of nitrogens with zero attached hydrogens (tertiary/aromatic N) is 1. The lowest BCUT2D eigenvalue weighted by molar-refractivity contribution is -0.133. The van der Waals surface area contributed by atoms with Crippen molar-refractivity contribution >= 4 is 11.9 Å². The van der Waals surface area contributed by atoms with Crippen molar-refractivity contribution in [2.24, 2.45) is 0 Å². The Kier molecular flexibility index (Phi) is 6.15. The Hall–Kier alpha value is -1.79. The summed E-state index contributed by atoms with van der Waals surface area (Å²) >= 11 is 0. The van der Waals surface area contributed by atoms with Crippen LogP contribution >= 0.6 is 0 Å². The van der Waals surface area contributed by atoms with Gasteiger partial charge in [-0.2, -0.15) is 13.2 Å². The molecular weight excluding hydrogens is 251 g/mol. The minimum absolute atomic E-state index is 0.208. The first-order valence-corrected chi connectivity index (χ1v) is 5.09. The van der Waals surface area contributed by atoms with Crippen LogP contribution in [-0.2, 0) is 9.59 Å². The minimum Gasteiger partial charge on any atom is -0.478 e. The Bertz CT molecular complexity index is 361. The molecule has 1 aliphatic rings. The molecule has 0 aliphatic carbocycles. The highest BCUT2D eigenvalue weighted by Gasteiger charge is 2.24. The first-order chi connectivity index (χ1) is 8.17. The molecule has 0 spiro atoms. The summed E-state index contributed by atoms with van der Waals surface area (Å²) in [6.45, 7) is 5.25. The summed E-state index contributed by atoms with van der Waals surface area (Å²) < 4.78 is 34.0. The molecule has 1 saturated heterocycles. The normalized spacial score (nSPS) is 16.1. The van der Waals surface area contributed by atoms with E-state index in [2.05, 4.69) is 6.58 Å². The van der Waals surface area contributed by atoms with Gasteiger partial charge in [-0.25, -0.2) is 4.79 Å². The van der Waals surface area contributed by atoms with Gasteiger partial charge in [-0.3, -0.25) is 4.79 Å².